The highest BCUT2D eigenvalue weighted by Gasteiger charge is 2.29. The fraction of sp³-hybridized carbons (Fsp3) is 0.588. The van der Waals surface area contributed by atoms with Crippen molar-refractivity contribution >= 4 is 16.9 Å². The van der Waals surface area contributed by atoms with Gasteiger partial charge in [-0.2, -0.15) is 5.10 Å². The summed E-state index contributed by atoms with van der Waals surface area (Å²) in [5.41, 5.74) is 2.68. The Morgan fingerprint density at radius 1 is 1.32 bits per heavy atom. The van der Waals surface area contributed by atoms with Crippen LogP contribution in [0.5, 0.6) is 0 Å². The second-order valence-electron chi connectivity index (χ2n) is 6.87. The molecule has 1 saturated heterocycles. The molecule has 0 aromatic carbocycles. The number of likely N-dealkylation sites (tertiary alicyclic amines) is 1. The van der Waals surface area contributed by atoms with E-state index in [1.165, 1.54) is 19.3 Å². The molecule has 3 heterocycles. The molecule has 2 aliphatic rings. The monoisotopic (exact) mass is 298 g/mol. The molecule has 1 unspecified atom stereocenters. The molecule has 1 amide bonds. The lowest BCUT2D eigenvalue weighted by atomic mass is 9.99. The molecule has 2 aromatic heterocycles. The van der Waals surface area contributed by atoms with Crippen molar-refractivity contribution in [3.8, 4) is 0 Å². The number of amides is 1. The number of aryl methyl sites for hydroxylation is 1. The Morgan fingerprint density at radius 3 is 2.86 bits per heavy atom. The fourth-order valence-corrected chi connectivity index (χ4v) is 3.44. The summed E-state index contributed by atoms with van der Waals surface area (Å²) < 4.78 is 1.77. The molecular weight excluding hydrogens is 276 g/mol. The van der Waals surface area contributed by atoms with Crippen LogP contribution in [-0.2, 0) is 7.05 Å². The highest BCUT2D eigenvalue weighted by molar-refractivity contribution is 6.05. The van der Waals surface area contributed by atoms with Gasteiger partial charge in [0.1, 0.15) is 0 Å². The van der Waals surface area contributed by atoms with Gasteiger partial charge >= 0.3 is 0 Å². The second-order valence-corrected chi connectivity index (χ2v) is 6.87. The molecule has 1 aliphatic heterocycles. The molecule has 1 aliphatic carbocycles. The summed E-state index contributed by atoms with van der Waals surface area (Å²) in [6, 6.07) is 2.02. The van der Waals surface area contributed by atoms with Gasteiger partial charge in [-0.25, -0.2) is 4.98 Å². The van der Waals surface area contributed by atoms with E-state index in [9.17, 15) is 4.79 Å². The number of aromatic nitrogens is 3. The van der Waals surface area contributed by atoms with Crippen LogP contribution in [0.3, 0.4) is 0 Å². The molecule has 5 heteroatoms. The molecule has 5 nitrogen and oxygen atoms in total. The van der Waals surface area contributed by atoms with Crippen LogP contribution < -0.4 is 0 Å². The number of hydrogen-bond donors (Lipinski definition) is 0. The Balaban J connectivity index is 1.77. The third-order valence-electron chi connectivity index (χ3n) is 4.90. The minimum atomic E-state index is 0.147. The number of carbonyl (C=O) groups excluding carboxylic acids is 1. The molecule has 0 radical (unpaired) electrons. The molecular formula is C17H22N4O. The summed E-state index contributed by atoms with van der Waals surface area (Å²) >= 11 is 0. The number of nitrogens with zero attached hydrogens (tertiary/aromatic N) is 4. The second kappa shape index (κ2) is 5.07. The minimum Gasteiger partial charge on any atom is -0.338 e. The smallest absolute Gasteiger partial charge is 0.254 e. The maximum Gasteiger partial charge on any atom is 0.254 e. The SMILES string of the molecule is CC1CCCN(C(=O)c2cc(C3CC3)nc3c2cnn3C)C1. The molecule has 2 aromatic rings. The van der Waals surface area contributed by atoms with Crippen molar-refractivity contribution in [2.75, 3.05) is 13.1 Å². The zero-order chi connectivity index (χ0) is 15.3. The van der Waals surface area contributed by atoms with Gasteiger partial charge < -0.3 is 4.90 Å². The molecule has 1 atom stereocenters. The number of piperidine rings is 1. The van der Waals surface area contributed by atoms with Crippen molar-refractivity contribution in [3.63, 3.8) is 0 Å². The van der Waals surface area contributed by atoms with Crippen LogP contribution in [0.15, 0.2) is 12.3 Å². The molecule has 1 saturated carbocycles. The lowest BCUT2D eigenvalue weighted by Crippen LogP contribution is -2.39. The van der Waals surface area contributed by atoms with E-state index >= 15 is 0 Å². The van der Waals surface area contributed by atoms with Crippen LogP contribution in [0.4, 0.5) is 0 Å². The van der Waals surface area contributed by atoms with Gasteiger partial charge in [0.2, 0.25) is 0 Å². The van der Waals surface area contributed by atoms with E-state index in [4.69, 9.17) is 4.98 Å². The summed E-state index contributed by atoms with van der Waals surface area (Å²) in [5.74, 6) is 1.27. The first kappa shape index (κ1) is 13.7. The molecule has 2 fully saturated rings. The van der Waals surface area contributed by atoms with Gasteiger partial charge in [0.25, 0.3) is 5.91 Å². The van der Waals surface area contributed by atoms with Crippen LogP contribution in [0.2, 0.25) is 0 Å². The molecule has 116 valence electrons. The molecule has 22 heavy (non-hydrogen) atoms. The topological polar surface area (TPSA) is 51.0 Å². The van der Waals surface area contributed by atoms with Crippen molar-refractivity contribution in [2.45, 2.75) is 38.5 Å². The molecule has 0 bridgehead atoms. The van der Waals surface area contributed by atoms with Crippen LogP contribution in [0, 0.1) is 5.92 Å². The first-order valence-electron chi connectivity index (χ1n) is 8.25. The maximum absolute atomic E-state index is 13.0. The van der Waals surface area contributed by atoms with Gasteiger partial charge in [-0.1, -0.05) is 6.92 Å². The van der Waals surface area contributed by atoms with Crippen molar-refractivity contribution in [1.29, 1.82) is 0 Å². The number of fused-ring (bicyclic) bond motifs is 1. The quantitative estimate of drug-likeness (QED) is 0.856. The molecule has 4 rings (SSSR count). The summed E-state index contributed by atoms with van der Waals surface area (Å²) in [7, 11) is 1.89. The Morgan fingerprint density at radius 2 is 2.14 bits per heavy atom. The van der Waals surface area contributed by atoms with Crippen molar-refractivity contribution in [2.24, 2.45) is 13.0 Å². The first-order valence-corrected chi connectivity index (χ1v) is 8.25. The van der Waals surface area contributed by atoms with Crippen molar-refractivity contribution < 1.29 is 4.79 Å². The number of pyridine rings is 1. The zero-order valence-electron chi connectivity index (χ0n) is 13.2. The van der Waals surface area contributed by atoms with E-state index in [-0.39, 0.29) is 5.91 Å². The average molecular weight is 298 g/mol. The standard InChI is InChI=1S/C17H22N4O/c1-11-4-3-7-21(10-11)17(22)13-8-15(12-5-6-12)19-16-14(13)9-18-20(16)2/h8-9,11-12H,3-7,10H2,1-2H3. The Labute approximate surface area is 130 Å². The van der Waals surface area contributed by atoms with Gasteiger partial charge in [0, 0.05) is 31.7 Å². The highest BCUT2D eigenvalue weighted by atomic mass is 16.2. The predicted octanol–water partition coefficient (Wildman–Crippen LogP) is 2.72. The average Bonchev–Trinajstić information content (AvgIpc) is 3.30. The van der Waals surface area contributed by atoms with E-state index in [2.05, 4.69) is 12.0 Å². The summed E-state index contributed by atoms with van der Waals surface area (Å²) in [6.07, 6.45) is 6.47. The van der Waals surface area contributed by atoms with Crippen molar-refractivity contribution in [3.05, 3.63) is 23.5 Å². The van der Waals surface area contributed by atoms with Gasteiger partial charge in [-0.3, -0.25) is 9.48 Å². The van der Waals surface area contributed by atoms with Gasteiger partial charge in [0.05, 0.1) is 17.1 Å². The normalized spacial score (nSPS) is 22.3. The lowest BCUT2D eigenvalue weighted by Gasteiger charge is -2.31. The van der Waals surface area contributed by atoms with E-state index in [1.807, 2.05) is 18.0 Å². The van der Waals surface area contributed by atoms with E-state index in [0.717, 1.165) is 41.8 Å². The first-order chi connectivity index (χ1) is 10.6. The zero-order valence-corrected chi connectivity index (χ0v) is 13.2. The van der Waals surface area contributed by atoms with Crippen LogP contribution in [0.25, 0.3) is 11.0 Å². The number of carbonyl (C=O) groups is 1. The fourth-order valence-electron chi connectivity index (χ4n) is 3.44. The predicted molar refractivity (Wildman–Crippen MR) is 84.8 cm³/mol. The van der Waals surface area contributed by atoms with Crippen LogP contribution in [0.1, 0.15) is 54.6 Å². The Hall–Kier alpha value is -1.91. The third kappa shape index (κ3) is 2.28. The maximum atomic E-state index is 13.0. The highest BCUT2D eigenvalue weighted by Crippen LogP contribution is 2.40. The summed E-state index contributed by atoms with van der Waals surface area (Å²) in [5, 5.41) is 5.19. The molecule has 0 spiro atoms. The van der Waals surface area contributed by atoms with Crippen LogP contribution in [-0.4, -0.2) is 38.7 Å². The number of hydrogen-bond acceptors (Lipinski definition) is 3. The van der Waals surface area contributed by atoms with Gasteiger partial charge in [-0.15, -0.1) is 0 Å². The van der Waals surface area contributed by atoms with E-state index in [0.29, 0.717) is 11.8 Å². The minimum absolute atomic E-state index is 0.147. The van der Waals surface area contributed by atoms with E-state index < -0.39 is 0 Å². The third-order valence-corrected chi connectivity index (χ3v) is 4.90. The van der Waals surface area contributed by atoms with Crippen LogP contribution >= 0.6 is 0 Å². The molecule has 0 N–H and O–H groups in total. The lowest BCUT2D eigenvalue weighted by molar-refractivity contribution is 0.0685. The van der Waals surface area contributed by atoms with Crippen molar-refractivity contribution in [1.82, 2.24) is 19.7 Å². The largest absolute Gasteiger partial charge is 0.338 e. The summed E-state index contributed by atoms with van der Waals surface area (Å²) in [6.45, 7) is 3.95. The van der Waals surface area contributed by atoms with Gasteiger partial charge in [-0.05, 0) is 37.7 Å². The Kier molecular flexibility index (Phi) is 3.17. The number of rotatable bonds is 2. The summed E-state index contributed by atoms with van der Waals surface area (Å²) in [4.78, 5) is 19.8. The Bertz CT molecular complexity index is 732. The van der Waals surface area contributed by atoms with E-state index in [1.54, 1.807) is 10.9 Å². The van der Waals surface area contributed by atoms with Gasteiger partial charge in [0.15, 0.2) is 5.65 Å².